The standard InChI is InChI=1S/C42H30N4O/c1-46-41(37-14-8-9-15-39(37)47)45-40-36(21-23-44-42(40)46)34-24-33(29-12-6-3-7-13-29)25-35(26-34)38-27-32(20-22-43-38)31-18-16-30(17-19-31)28-10-4-2-5-11-28/h2-27,47H,1H3. The first-order valence-electron chi connectivity index (χ1n) is 15.6. The number of aromatic nitrogens is 4. The number of aryl methyl sites for hydroxylation is 1. The van der Waals surface area contributed by atoms with E-state index in [2.05, 4.69) is 108 Å². The third-order valence-electron chi connectivity index (χ3n) is 8.64. The number of aromatic hydroxyl groups is 1. The molecule has 5 nitrogen and oxygen atoms in total. The molecule has 8 rings (SSSR count). The Morgan fingerprint density at radius 2 is 1.04 bits per heavy atom. The van der Waals surface area contributed by atoms with Gasteiger partial charge in [0.05, 0.1) is 11.3 Å². The van der Waals surface area contributed by atoms with E-state index in [1.54, 1.807) is 6.07 Å². The molecule has 47 heavy (non-hydrogen) atoms. The topological polar surface area (TPSA) is 63.8 Å². The summed E-state index contributed by atoms with van der Waals surface area (Å²) in [7, 11) is 1.93. The molecule has 0 aliphatic rings. The molecular weight excluding hydrogens is 576 g/mol. The summed E-state index contributed by atoms with van der Waals surface area (Å²) in [5.74, 6) is 0.839. The van der Waals surface area contributed by atoms with Gasteiger partial charge < -0.3 is 9.67 Å². The summed E-state index contributed by atoms with van der Waals surface area (Å²) in [6.45, 7) is 0. The lowest BCUT2D eigenvalue weighted by Gasteiger charge is -2.12. The van der Waals surface area contributed by atoms with E-state index in [1.807, 2.05) is 60.4 Å². The zero-order valence-corrected chi connectivity index (χ0v) is 25.7. The zero-order chi connectivity index (χ0) is 31.7. The Bertz CT molecular complexity index is 2360. The van der Waals surface area contributed by atoms with Gasteiger partial charge in [0.1, 0.15) is 17.1 Å². The highest BCUT2D eigenvalue weighted by Gasteiger charge is 2.18. The van der Waals surface area contributed by atoms with Crippen molar-refractivity contribution in [2.75, 3.05) is 0 Å². The number of hydrogen-bond acceptors (Lipinski definition) is 4. The highest BCUT2D eigenvalue weighted by molar-refractivity contribution is 5.94. The molecule has 0 bridgehead atoms. The summed E-state index contributed by atoms with van der Waals surface area (Å²) in [5.41, 5.74) is 12.8. The third-order valence-corrected chi connectivity index (χ3v) is 8.64. The number of rotatable bonds is 6. The molecule has 0 amide bonds. The smallest absolute Gasteiger partial charge is 0.160 e. The van der Waals surface area contributed by atoms with Crippen LogP contribution in [0.25, 0.3) is 78.3 Å². The molecule has 1 N–H and O–H groups in total. The molecule has 0 atom stereocenters. The van der Waals surface area contributed by atoms with E-state index < -0.39 is 0 Å². The van der Waals surface area contributed by atoms with Gasteiger partial charge in [0.15, 0.2) is 5.65 Å². The van der Waals surface area contributed by atoms with Crippen LogP contribution >= 0.6 is 0 Å². The predicted octanol–water partition coefficient (Wildman–Crippen LogP) is 10.1. The molecule has 0 radical (unpaired) electrons. The number of benzene rings is 5. The average Bonchev–Trinajstić information content (AvgIpc) is 3.48. The maximum atomic E-state index is 10.6. The lowest BCUT2D eigenvalue weighted by Crippen LogP contribution is -1.94. The van der Waals surface area contributed by atoms with E-state index in [-0.39, 0.29) is 5.75 Å². The van der Waals surface area contributed by atoms with Gasteiger partial charge in [0.25, 0.3) is 0 Å². The molecular formula is C42H30N4O. The van der Waals surface area contributed by atoms with Crippen LogP contribution in [-0.2, 0) is 7.05 Å². The van der Waals surface area contributed by atoms with Gasteiger partial charge in [-0.1, -0.05) is 97.1 Å². The maximum absolute atomic E-state index is 10.6. The Hall–Kier alpha value is -6.33. The molecule has 5 aromatic carbocycles. The van der Waals surface area contributed by atoms with Crippen LogP contribution < -0.4 is 0 Å². The van der Waals surface area contributed by atoms with E-state index in [9.17, 15) is 5.11 Å². The fourth-order valence-electron chi connectivity index (χ4n) is 6.20. The second-order valence-corrected chi connectivity index (χ2v) is 11.6. The third kappa shape index (κ3) is 5.34. The highest BCUT2D eigenvalue weighted by Crippen LogP contribution is 2.38. The molecule has 0 unspecified atom stereocenters. The minimum atomic E-state index is 0.182. The number of fused-ring (bicyclic) bond motifs is 1. The first kappa shape index (κ1) is 28.2. The second-order valence-electron chi connectivity index (χ2n) is 11.6. The van der Waals surface area contributed by atoms with Gasteiger partial charge in [-0.25, -0.2) is 9.97 Å². The summed E-state index contributed by atoms with van der Waals surface area (Å²) < 4.78 is 1.93. The molecule has 0 saturated heterocycles. The number of phenols is 1. The Morgan fingerprint density at radius 3 is 1.77 bits per heavy atom. The van der Waals surface area contributed by atoms with Crippen molar-refractivity contribution in [1.82, 2.24) is 19.5 Å². The van der Waals surface area contributed by atoms with Gasteiger partial charge in [0, 0.05) is 30.6 Å². The summed E-state index contributed by atoms with van der Waals surface area (Å²) in [4.78, 5) is 14.6. The average molecular weight is 607 g/mol. The normalized spacial score (nSPS) is 11.2. The fraction of sp³-hybridized carbons (Fsp3) is 0.0238. The molecule has 0 saturated carbocycles. The molecule has 3 heterocycles. The number of para-hydroxylation sites is 1. The first-order valence-corrected chi connectivity index (χ1v) is 15.6. The van der Waals surface area contributed by atoms with Gasteiger partial charge in [0.2, 0.25) is 0 Å². The number of hydrogen-bond donors (Lipinski definition) is 1. The van der Waals surface area contributed by atoms with Gasteiger partial charge in [-0.3, -0.25) is 4.98 Å². The summed E-state index contributed by atoms with van der Waals surface area (Å²) in [6.07, 6.45) is 3.70. The Morgan fingerprint density at radius 1 is 0.468 bits per heavy atom. The fourth-order valence-corrected chi connectivity index (χ4v) is 6.20. The monoisotopic (exact) mass is 606 g/mol. The van der Waals surface area contributed by atoms with Crippen LogP contribution in [0.5, 0.6) is 5.75 Å². The Balaban J connectivity index is 1.25. The number of phenolic OH excluding ortho intramolecular Hbond substituents is 1. The molecule has 8 aromatic rings. The lowest BCUT2D eigenvalue weighted by atomic mass is 9.94. The minimum Gasteiger partial charge on any atom is -0.507 e. The number of pyridine rings is 2. The molecule has 224 valence electrons. The molecule has 5 heteroatoms. The summed E-state index contributed by atoms with van der Waals surface area (Å²) >= 11 is 0. The summed E-state index contributed by atoms with van der Waals surface area (Å²) in [6, 6.07) is 49.6. The Labute approximate surface area is 273 Å². The van der Waals surface area contributed by atoms with Crippen molar-refractivity contribution in [2.24, 2.45) is 7.05 Å². The molecule has 3 aromatic heterocycles. The van der Waals surface area contributed by atoms with Crippen molar-refractivity contribution in [3.05, 3.63) is 158 Å². The van der Waals surface area contributed by atoms with Crippen LogP contribution in [0, 0.1) is 0 Å². The van der Waals surface area contributed by atoms with Gasteiger partial charge >= 0.3 is 0 Å². The van der Waals surface area contributed by atoms with Gasteiger partial charge in [-0.15, -0.1) is 0 Å². The molecule has 0 aliphatic heterocycles. The van der Waals surface area contributed by atoms with Crippen LogP contribution in [0.4, 0.5) is 0 Å². The molecule has 0 spiro atoms. The van der Waals surface area contributed by atoms with Gasteiger partial charge in [-0.05, 0) is 87.5 Å². The largest absolute Gasteiger partial charge is 0.507 e. The van der Waals surface area contributed by atoms with E-state index in [0.717, 1.165) is 55.8 Å². The van der Waals surface area contributed by atoms with E-state index >= 15 is 0 Å². The number of imidazole rings is 1. The highest BCUT2D eigenvalue weighted by atomic mass is 16.3. The number of nitrogens with zero attached hydrogens (tertiary/aromatic N) is 4. The van der Waals surface area contributed by atoms with Crippen molar-refractivity contribution in [3.8, 4) is 72.9 Å². The molecule has 0 fully saturated rings. The zero-order valence-electron chi connectivity index (χ0n) is 25.7. The van der Waals surface area contributed by atoms with Crippen LogP contribution in [0.2, 0.25) is 0 Å². The van der Waals surface area contributed by atoms with Crippen molar-refractivity contribution in [3.63, 3.8) is 0 Å². The summed E-state index contributed by atoms with van der Waals surface area (Å²) in [5, 5.41) is 10.6. The van der Waals surface area contributed by atoms with Crippen molar-refractivity contribution >= 4 is 11.2 Å². The second kappa shape index (κ2) is 11.9. The predicted molar refractivity (Wildman–Crippen MR) is 191 cm³/mol. The molecule has 0 aliphatic carbocycles. The van der Waals surface area contributed by atoms with Crippen molar-refractivity contribution < 1.29 is 5.11 Å². The van der Waals surface area contributed by atoms with Crippen LogP contribution in [0.3, 0.4) is 0 Å². The van der Waals surface area contributed by atoms with Crippen LogP contribution in [0.15, 0.2) is 158 Å². The van der Waals surface area contributed by atoms with Crippen LogP contribution in [0.1, 0.15) is 0 Å². The first-order chi connectivity index (χ1) is 23.1. The minimum absolute atomic E-state index is 0.182. The van der Waals surface area contributed by atoms with Crippen LogP contribution in [-0.4, -0.2) is 24.6 Å². The maximum Gasteiger partial charge on any atom is 0.160 e. The van der Waals surface area contributed by atoms with E-state index in [0.29, 0.717) is 11.4 Å². The van der Waals surface area contributed by atoms with E-state index in [4.69, 9.17) is 9.97 Å². The van der Waals surface area contributed by atoms with E-state index in [1.165, 1.54) is 11.1 Å². The SMILES string of the molecule is Cn1c(-c2ccccc2O)nc2c(-c3cc(-c4ccccc4)cc(-c4cc(-c5ccc(-c6ccccc6)cc5)ccn4)c3)ccnc21. The van der Waals surface area contributed by atoms with Crippen molar-refractivity contribution in [2.45, 2.75) is 0 Å². The van der Waals surface area contributed by atoms with Gasteiger partial charge in [-0.2, -0.15) is 0 Å². The quantitative estimate of drug-likeness (QED) is 0.205. The van der Waals surface area contributed by atoms with Crippen molar-refractivity contribution in [1.29, 1.82) is 0 Å². The lowest BCUT2D eigenvalue weighted by molar-refractivity contribution is 0.476. The Kier molecular flexibility index (Phi) is 7.12.